The Kier molecular flexibility index (Phi) is 4.83. The van der Waals surface area contributed by atoms with Crippen LogP contribution in [0.1, 0.15) is 18.0 Å². The molecular formula is C16H22N2O2S. The number of nitrogens with zero attached hydrogens (tertiary/aromatic N) is 2. The van der Waals surface area contributed by atoms with Crippen LogP contribution in [0.5, 0.6) is 0 Å². The first-order chi connectivity index (χ1) is 10.3. The number of carbonyl (C=O) groups is 1. The van der Waals surface area contributed by atoms with Crippen LogP contribution in [0.3, 0.4) is 0 Å². The highest BCUT2D eigenvalue weighted by atomic mass is 32.2. The van der Waals surface area contributed by atoms with Crippen molar-refractivity contribution in [1.82, 2.24) is 9.80 Å². The highest BCUT2D eigenvalue weighted by Gasteiger charge is 2.34. The van der Waals surface area contributed by atoms with E-state index in [0.717, 1.165) is 30.2 Å². The summed E-state index contributed by atoms with van der Waals surface area (Å²) in [7, 11) is 0. The second kappa shape index (κ2) is 6.81. The lowest BCUT2D eigenvalue weighted by Crippen LogP contribution is -2.45. The van der Waals surface area contributed by atoms with Crippen LogP contribution in [0.2, 0.25) is 0 Å². The van der Waals surface area contributed by atoms with Gasteiger partial charge in [-0.2, -0.15) is 11.8 Å². The Morgan fingerprint density at radius 2 is 1.90 bits per heavy atom. The zero-order valence-electron chi connectivity index (χ0n) is 12.1. The van der Waals surface area contributed by atoms with Crippen molar-refractivity contribution in [3.8, 4) is 0 Å². The Morgan fingerprint density at radius 3 is 2.52 bits per heavy atom. The quantitative estimate of drug-likeness (QED) is 0.916. The van der Waals surface area contributed by atoms with Gasteiger partial charge in [-0.15, -0.1) is 0 Å². The molecule has 2 saturated heterocycles. The van der Waals surface area contributed by atoms with Gasteiger partial charge in [0.1, 0.15) is 6.04 Å². The molecule has 4 nitrogen and oxygen atoms in total. The maximum atomic E-state index is 13.0. The predicted molar refractivity (Wildman–Crippen MR) is 85.3 cm³/mol. The first kappa shape index (κ1) is 14.9. The number of likely N-dealkylation sites (tertiary alicyclic amines) is 1. The second-order valence-corrected chi connectivity index (χ2v) is 6.91. The molecule has 2 fully saturated rings. The number of β-amino-alcohol motifs (C(OH)–C–C–N with tert-alkyl or cyclic N) is 1. The van der Waals surface area contributed by atoms with Crippen LogP contribution in [-0.2, 0) is 4.79 Å². The third-order valence-electron chi connectivity index (χ3n) is 4.24. The molecule has 0 radical (unpaired) electrons. The molecule has 3 rings (SSSR count). The van der Waals surface area contributed by atoms with Crippen LogP contribution >= 0.6 is 11.8 Å². The zero-order valence-corrected chi connectivity index (χ0v) is 13.0. The molecule has 114 valence electrons. The van der Waals surface area contributed by atoms with Gasteiger partial charge >= 0.3 is 0 Å². The summed E-state index contributed by atoms with van der Waals surface area (Å²) >= 11 is 1.95. The number of rotatable bonds is 3. The normalized spacial score (nSPS) is 25.0. The van der Waals surface area contributed by atoms with E-state index >= 15 is 0 Å². The molecule has 1 aromatic rings. The number of thioether (sulfide) groups is 1. The van der Waals surface area contributed by atoms with Gasteiger partial charge in [0.25, 0.3) is 0 Å². The molecular weight excluding hydrogens is 284 g/mol. The van der Waals surface area contributed by atoms with E-state index in [0.29, 0.717) is 19.5 Å². The minimum absolute atomic E-state index is 0.143. The van der Waals surface area contributed by atoms with Crippen LogP contribution in [0.4, 0.5) is 0 Å². The summed E-state index contributed by atoms with van der Waals surface area (Å²) in [6.07, 6.45) is 0.339. The Labute approximate surface area is 130 Å². The van der Waals surface area contributed by atoms with Gasteiger partial charge in [-0.05, 0) is 12.0 Å². The molecule has 1 N–H and O–H groups in total. The van der Waals surface area contributed by atoms with E-state index in [4.69, 9.17) is 0 Å². The highest BCUT2D eigenvalue weighted by molar-refractivity contribution is 7.99. The summed E-state index contributed by atoms with van der Waals surface area (Å²) in [5.74, 6) is 2.31. The lowest BCUT2D eigenvalue weighted by atomic mass is 10.0. The predicted octanol–water partition coefficient (Wildman–Crippen LogP) is 1.37. The van der Waals surface area contributed by atoms with E-state index in [9.17, 15) is 9.90 Å². The largest absolute Gasteiger partial charge is 0.391 e. The third-order valence-corrected chi connectivity index (χ3v) is 5.18. The molecule has 0 aliphatic carbocycles. The summed E-state index contributed by atoms with van der Waals surface area (Å²) in [6.45, 7) is 3.05. The van der Waals surface area contributed by atoms with Gasteiger partial charge < -0.3 is 10.0 Å². The summed E-state index contributed by atoms with van der Waals surface area (Å²) in [4.78, 5) is 17.1. The molecule has 0 aromatic heterocycles. The SMILES string of the molecule is O=C(C(c1ccccc1)N1CCSCC1)N1CC[C@@H](O)C1. The van der Waals surface area contributed by atoms with Crippen LogP contribution in [0, 0.1) is 0 Å². The number of amides is 1. The van der Waals surface area contributed by atoms with Gasteiger partial charge in [0.05, 0.1) is 6.10 Å². The first-order valence-electron chi connectivity index (χ1n) is 7.59. The van der Waals surface area contributed by atoms with Gasteiger partial charge in [-0.1, -0.05) is 30.3 Å². The second-order valence-electron chi connectivity index (χ2n) is 5.69. The van der Waals surface area contributed by atoms with E-state index in [1.54, 1.807) is 0 Å². The lowest BCUT2D eigenvalue weighted by molar-refractivity contribution is -0.136. The maximum Gasteiger partial charge on any atom is 0.244 e. The Morgan fingerprint density at radius 1 is 1.19 bits per heavy atom. The number of hydrogen-bond donors (Lipinski definition) is 1. The van der Waals surface area contributed by atoms with E-state index in [1.807, 2.05) is 47.0 Å². The van der Waals surface area contributed by atoms with E-state index in [2.05, 4.69) is 4.90 Å². The number of benzene rings is 1. The monoisotopic (exact) mass is 306 g/mol. The van der Waals surface area contributed by atoms with Crippen molar-refractivity contribution in [2.45, 2.75) is 18.6 Å². The number of aliphatic hydroxyl groups excluding tert-OH is 1. The third kappa shape index (κ3) is 3.42. The molecule has 2 aliphatic rings. The van der Waals surface area contributed by atoms with E-state index in [-0.39, 0.29) is 18.1 Å². The van der Waals surface area contributed by atoms with Crippen LogP contribution < -0.4 is 0 Å². The molecule has 21 heavy (non-hydrogen) atoms. The Balaban J connectivity index is 1.83. The van der Waals surface area contributed by atoms with Crippen molar-refractivity contribution >= 4 is 17.7 Å². The highest BCUT2D eigenvalue weighted by Crippen LogP contribution is 2.27. The molecule has 2 aliphatic heterocycles. The lowest BCUT2D eigenvalue weighted by Gasteiger charge is -2.35. The van der Waals surface area contributed by atoms with Gasteiger partial charge in [-0.3, -0.25) is 9.69 Å². The molecule has 0 spiro atoms. The minimum atomic E-state index is -0.359. The van der Waals surface area contributed by atoms with Crippen LogP contribution in [0.25, 0.3) is 0 Å². The fourth-order valence-corrected chi connectivity index (χ4v) is 4.03. The summed E-state index contributed by atoms with van der Waals surface area (Å²) in [6, 6.07) is 9.85. The minimum Gasteiger partial charge on any atom is -0.391 e. The van der Waals surface area contributed by atoms with Crippen molar-refractivity contribution < 1.29 is 9.90 Å². The average Bonchev–Trinajstić information content (AvgIpc) is 2.96. The maximum absolute atomic E-state index is 13.0. The standard InChI is InChI=1S/C16H22N2O2S/c19-14-6-7-18(12-14)16(20)15(13-4-2-1-3-5-13)17-8-10-21-11-9-17/h1-5,14-15,19H,6-12H2/t14-,15?/m1/s1. The number of aliphatic hydroxyl groups is 1. The van der Waals surface area contributed by atoms with E-state index < -0.39 is 0 Å². The molecule has 2 atom stereocenters. The fourth-order valence-electron chi connectivity index (χ4n) is 3.10. The number of carbonyl (C=O) groups excluding carboxylic acids is 1. The van der Waals surface area contributed by atoms with Crippen molar-refractivity contribution in [3.05, 3.63) is 35.9 Å². The summed E-state index contributed by atoms with van der Waals surface area (Å²) in [5.41, 5.74) is 1.07. The van der Waals surface area contributed by atoms with Crippen molar-refractivity contribution in [1.29, 1.82) is 0 Å². The van der Waals surface area contributed by atoms with Gasteiger partial charge in [0.15, 0.2) is 0 Å². The molecule has 1 unspecified atom stereocenters. The van der Waals surface area contributed by atoms with Crippen LogP contribution in [0.15, 0.2) is 30.3 Å². The Hall–Kier alpha value is -1.04. The first-order valence-corrected chi connectivity index (χ1v) is 8.75. The fraction of sp³-hybridized carbons (Fsp3) is 0.562. The van der Waals surface area contributed by atoms with Gasteiger partial charge in [-0.25, -0.2) is 0 Å². The van der Waals surface area contributed by atoms with Crippen molar-refractivity contribution in [2.24, 2.45) is 0 Å². The molecule has 0 bridgehead atoms. The van der Waals surface area contributed by atoms with Crippen molar-refractivity contribution in [3.63, 3.8) is 0 Å². The molecule has 0 saturated carbocycles. The van der Waals surface area contributed by atoms with Crippen LogP contribution in [-0.4, -0.2) is 64.6 Å². The molecule has 1 aromatic carbocycles. The van der Waals surface area contributed by atoms with E-state index in [1.165, 1.54) is 0 Å². The molecule has 5 heteroatoms. The summed E-state index contributed by atoms with van der Waals surface area (Å²) in [5, 5.41) is 9.70. The summed E-state index contributed by atoms with van der Waals surface area (Å²) < 4.78 is 0. The van der Waals surface area contributed by atoms with Gasteiger partial charge in [0.2, 0.25) is 5.91 Å². The van der Waals surface area contributed by atoms with Gasteiger partial charge in [0, 0.05) is 37.7 Å². The topological polar surface area (TPSA) is 43.8 Å². The number of hydrogen-bond acceptors (Lipinski definition) is 4. The zero-order chi connectivity index (χ0) is 14.7. The van der Waals surface area contributed by atoms with Crippen molar-refractivity contribution in [2.75, 3.05) is 37.7 Å². The molecule has 2 heterocycles. The molecule has 1 amide bonds. The average molecular weight is 306 g/mol. The smallest absolute Gasteiger partial charge is 0.244 e. The Bertz CT molecular complexity index is 476.